The Kier molecular flexibility index (Phi) is 5.91. The molecule has 0 N–H and O–H groups in total. The topological polar surface area (TPSA) is 52.6 Å². The van der Waals surface area contributed by atoms with Gasteiger partial charge in [0.05, 0.1) is 20.6 Å². The third-order valence-electron chi connectivity index (χ3n) is 2.74. The number of rotatable bonds is 6. The molecule has 0 amide bonds. The van der Waals surface area contributed by atoms with E-state index in [-0.39, 0.29) is 18.4 Å². The number of methoxy groups -OCH3 is 2. The zero-order valence-corrected chi connectivity index (χ0v) is 10.8. The van der Waals surface area contributed by atoms with Gasteiger partial charge in [-0.25, -0.2) is 0 Å². The summed E-state index contributed by atoms with van der Waals surface area (Å²) in [6, 6.07) is 7.69. The number of benzene rings is 1. The molecule has 0 fully saturated rings. The standard InChI is InChI=1S/C14H18O4/c1-17-13(15)9-5-8-11-6-3-4-7-12(11)10-14(16)18-2/h3-4,6-7H,5,8-10H2,1-2H3. The molecule has 1 rings (SSSR count). The Balaban J connectivity index is 2.59. The minimum absolute atomic E-state index is 0.208. The van der Waals surface area contributed by atoms with Gasteiger partial charge in [0.1, 0.15) is 0 Å². The highest BCUT2D eigenvalue weighted by Gasteiger charge is 2.08. The second kappa shape index (κ2) is 7.48. The fourth-order valence-corrected chi connectivity index (χ4v) is 1.73. The van der Waals surface area contributed by atoms with Crippen molar-refractivity contribution in [2.45, 2.75) is 25.7 Å². The maximum atomic E-state index is 11.3. The van der Waals surface area contributed by atoms with E-state index in [0.717, 1.165) is 17.5 Å². The maximum absolute atomic E-state index is 11.3. The SMILES string of the molecule is COC(=O)CCCc1ccccc1CC(=O)OC. The van der Waals surface area contributed by atoms with Gasteiger partial charge in [-0.1, -0.05) is 24.3 Å². The monoisotopic (exact) mass is 250 g/mol. The first-order valence-electron chi connectivity index (χ1n) is 5.87. The molecule has 0 heterocycles. The molecule has 0 saturated carbocycles. The van der Waals surface area contributed by atoms with Gasteiger partial charge in [-0.15, -0.1) is 0 Å². The van der Waals surface area contributed by atoms with Crippen molar-refractivity contribution in [3.05, 3.63) is 35.4 Å². The van der Waals surface area contributed by atoms with Crippen LogP contribution < -0.4 is 0 Å². The summed E-state index contributed by atoms with van der Waals surface area (Å²) in [5.74, 6) is -0.462. The molecule has 0 aliphatic carbocycles. The van der Waals surface area contributed by atoms with E-state index >= 15 is 0 Å². The molecule has 0 aliphatic rings. The lowest BCUT2D eigenvalue weighted by molar-refractivity contribution is -0.141. The van der Waals surface area contributed by atoms with Gasteiger partial charge in [0.25, 0.3) is 0 Å². The predicted octanol–water partition coefficient (Wildman–Crippen LogP) is 1.90. The Morgan fingerprint density at radius 1 is 1.00 bits per heavy atom. The number of aryl methyl sites for hydroxylation is 1. The average Bonchev–Trinajstić information content (AvgIpc) is 2.40. The van der Waals surface area contributed by atoms with Gasteiger partial charge in [-0.05, 0) is 24.0 Å². The Morgan fingerprint density at radius 3 is 2.22 bits per heavy atom. The lowest BCUT2D eigenvalue weighted by atomic mass is 10.00. The van der Waals surface area contributed by atoms with Gasteiger partial charge in [0.2, 0.25) is 0 Å². The highest BCUT2D eigenvalue weighted by molar-refractivity contribution is 5.73. The van der Waals surface area contributed by atoms with Crippen LogP contribution in [0.25, 0.3) is 0 Å². The molecule has 0 radical (unpaired) electrons. The van der Waals surface area contributed by atoms with Crippen LogP contribution in [0.2, 0.25) is 0 Å². The van der Waals surface area contributed by atoms with E-state index in [2.05, 4.69) is 9.47 Å². The van der Waals surface area contributed by atoms with Crippen molar-refractivity contribution < 1.29 is 19.1 Å². The van der Waals surface area contributed by atoms with Crippen LogP contribution in [0.4, 0.5) is 0 Å². The summed E-state index contributed by atoms with van der Waals surface area (Å²) in [6.45, 7) is 0. The summed E-state index contributed by atoms with van der Waals surface area (Å²) in [5, 5.41) is 0. The van der Waals surface area contributed by atoms with E-state index in [9.17, 15) is 9.59 Å². The normalized spacial score (nSPS) is 9.89. The average molecular weight is 250 g/mol. The van der Waals surface area contributed by atoms with Crippen molar-refractivity contribution in [2.24, 2.45) is 0 Å². The smallest absolute Gasteiger partial charge is 0.309 e. The minimum atomic E-state index is -0.254. The molecule has 0 aliphatic heterocycles. The van der Waals surface area contributed by atoms with Crippen LogP contribution in [-0.2, 0) is 31.9 Å². The van der Waals surface area contributed by atoms with Gasteiger partial charge >= 0.3 is 11.9 Å². The predicted molar refractivity (Wildman–Crippen MR) is 67.1 cm³/mol. The summed E-state index contributed by atoms with van der Waals surface area (Å²) < 4.78 is 9.24. The van der Waals surface area contributed by atoms with Crippen LogP contribution in [0.15, 0.2) is 24.3 Å². The molecule has 0 bridgehead atoms. The van der Waals surface area contributed by atoms with Crippen molar-refractivity contribution in [3.8, 4) is 0 Å². The lowest BCUT2D eigenvalue weighted by Crippen LogP contribution is -2.07. The van der Waals surface area contributed by atoms with Crippen LogP contribution in [0.5, 0.6) is 0 Å². The third-order valence-corrected chi connectivity index (χ3v) is 2.74. The number of carbonyl (C=O) groups excluding carboxylic acids is 2. The van der Waals surface area contributed by atoms with Crippen molar-refractivity contribution >= 4 is 11.9 Å². The van der Waals surface area contributed by atoms with Crippen molar-refractivity contribution in [2.75, 3.05) is 14.2 Å². The van der Waals surface area contributed by atoms with Gasteiger partial charge < -0.3 is 9.47 Å². The second-order valence-electron chi connectivity index (χ2n) is 3.95. The maximum Gasteiger partial charge on any atom is 0.309 e. The zero-order valence-electron chi connectivity index (χ0n) is 10.8. The fraction of sp³-hybridized carbons (Fsp3) is 0.429. The Hall–Kier alpha value is -1.84. The van der Waals surface area contributed by atoms with Crippen LogP contribution >= 0.6 is 0 Å². The van der Waals surface area contributed by atoms with E-state index in [1.54, 1.807) is 0 Å². The summed E-state index contributed by atoms with van der Waals surface area (Å²) in [5.41, 5.74) is 2.03. The van der Waals surface area contributed by atoms with Gasteiger partial charge in [0, 0.05) is 6.42 Å². The molecule has 0 spiro atoms. The number of carbonyl (C=O) groups is 2. The van der Waals surface area contributed by atoms with Gasteiger partial charge in [-0.2, -0.15) is 0 Å². The highest BCUT2D eigenvalue weighted by Crippen LogP contribution is 2.13. The first-order chi connectivity index (χ1) is 8.67. The van der Waals surface area contributed by atoms with Crippen LogP contribution in [0.1, 0.15) is 24.0 Å². The van der Waals surface area contributed by atoms with Crippen molar-refractivity contribution in [1.29, 1.82) is 0 Å². The first kappa shape index (κ1) is 14.2. The summed E-state index contributed by atoms with van der Waals surface area (Å²) in [6.07, 6.45) is 2.13. The fourth-order valence-electron chi connectivity index (χ4n) is 1.73. The van der Waals surface area contributed by atoms with E-state index < -0.39 is 0 Å². The Bertz CT molecular complexity index is 412. The summed E-state index contributed by atoms with van der Waals surface area (Å²) >= 11 is 0. The largest absolute Gasteiger partial charge is 0.469 e. The Labute approximate surface area is 107 Å². The molecule has 1 aromatic carbocycles. The van der Waals surface area contributed by atoms with Crippen LogP contribution in [0, 0.1) is 0 Å². The Morgan fingerprint density at radius 2 is 1.61 bits per heavy atom. The molecule has 0 atom stereocenters. The molecule has 98 valence electrons. The van der Waals surface area contributed by atoms with Crippen LogP contribution in [0.3, 0.4) is 0 Å². The minimum Gasteiger partial charge on any atom is -0.469 e. The molecule has 0 unspecified atom stereocenters. The quantitative estimate of drug-likeness (QED) is 0.723. The van der Waals surface area contributed by atoms with E-state index in [1.807, 2.05) is 24.3 Å². The van der Waals surface area contributed by atoms with Crippen molar-refractivity contribution in [3.63, 3.8) is 0 Å². The van der Waals surface area contributed by atoms with Crippen molar-refractivity contribution in [1.82, 2.24) is 0 Å². The lowest BCUT2D eigenvalue weighted by Gasteiger charge is -2.08. The molecule has 1 aromatic rings. The summed E-state index contributed by atoms with van der Waals surface area (Å²) in [7, 11) is 2.76. The van der Waals surface area contributed by atoms with Gasteiger partial charge in [0.15, 0.2) is 0 Å². The molecular formula is C14H18O4. The molecular weight excluding hydrogens is 232 g/mol. The third kappa shape index (κ3) is 4.57. The number of hydrogen-bond acceptors (Lipinski definition) is 4. The molecule has 18 heavy (non-hydrogen) atoms. The highest BCUT2D eigenvalue weighted by atomic mass is 16.5. The molecule has 0 saturated heterocycles. The van der Waals surface area contributed by atoms with E-state index in [4.69, 9.17) is 0 Å². The number of hydrogen-bond donors (Lipinski definition) is 0. The molecule has 0 aromatic heterocycles. The van der Waals surface area contributed by atoms with Gasteiger partial charge in [-0.3, -0.25) is 9.59 Å². The summed E-state index contributed by atoms with van der Waals surface area (Å²) in [4.78, 5) is 22.3. The number of ether oxygens (including phenoxy) is 2. The molecule has 4 heteroatoms. The van der Waals surface area contributed by atoms with Crippen LogP contribution in [-0.4, -0.2) is 26.2 Å². The second-order valence-corrected chi connectivity index (χ2v) is 3.95. The number of esters is 2. The van der Waals surface area contributed by atoms with E-state index in [1.165, 1.54) is 14.2 Å². The zero-order chi connectivity index (χ0) is 13.4. The van der Waals surface area contributed by atoms with E-state index in [0.29, 0.717) is 12.8 Å². The molecule has 4 nitrogen and oxygen atoms in total. The first-order valence-corrected chi connectivity index (χ1v) is 5.87.